The van der Waals surface area contributed by atoms with Crippen molar-refractivity contribution in [3.63, 3.8) is 0 Å². The molecule has 0 saturated carbocycles. The number of nitrogens with zero attached hydrogens (tertiary/aromatic N) is 3. The summed E-state index contributed by atoms with van der Waals surface area (Å²) in [4.78, 5) is 6.74. The Bertz CT molecular complexity index is 387. The third-order valence-corrected chi connectivity index (χ3v) is 3.53. The van der Waals surface area contributed by atoms with Crippen LogP contribution in [0.25, 0.3) is 0 Å². The molecule has 0 radical (unpaired) electrons. The SMILES string of the molecule is CC(C)c1nc(CN2CCC(OCCCO)CC2)no1. The number of aliphatic hydroxyl groups excluding tert-OH is 1. The van der Waals surface area contributed by atoms with Crippen LogP contribution in [0.15, 0.2) is 4.52 Å². The molecular formula is C14H25N3O3. The van der Waals surface area contributed by atoms with Crippen molar-refractivity contribution in [3.8, 4) is 0 Å². The molecule has 6 nitrogen and oxygen atoms in total. The Morgan fingerprint density at radius 1 is 1.40 bits per heavy atom. The van der Waals surface area contributed by atoms with Gasteiger partial charge in [-0.25, -0.2) is 0 Å². The van der Waals surface area contributed by atoms with E-state index < -0.39 is 0 Å². The van der Waals surface area contributed by atoms with Crippen molar-refractivity contribution in [2.24, 2.45) is 0 Å². The van der Waals surface area contributed by atoms with Gasteiger partial charge in [-0.2, -0.15) is 4.98 Å². The molecule has 6 heteroatoms. The van der Waals surface area contributed by atoms with Crippen LogP contribution < -0.4 is 0 Å². The molecule has 1 N–H and O–H groups in total. The van der Waals surface area contributed by atoms with Gasteiger partial charge >= 0.3 is 0 Å². The third-order valence-electron chi connectivity index (χ3n) is 3.53. The quantitative estimate of drug-likeness (QED) is 0.766. The van der Waals surface area contributed by atoms with Crippen molar-refractivity contribution >= 4 is 0 Å². The van der Waals surface area contributed by atoms with Gasteiger partial charge in [0, 0.05) is 32.2 Å². The van der Waals surface area contributed by atoms with Crippen molar-refractivity contribution in [1.82, 2.24) is 15.0 Å². The number of piperidine rings is 1. The van der Waals surface area contributed by atoms with Gasteiger partial charge in [-0.1, -0.05) is 19.0 Å². The van der Waals surface area contributed by atoms with E-state index in [2.05, 4.69) is 15.0 Å². The fraction of sp³-hybridized carbons (Fsp3) is 0.857. The number of ether oxygens (including phenoxy) is 1. The molecule has 114 valence electrons. The summed E-state index contributed by atoms with van der Waals surface area (Å²) in [6.07, 6.45) is 3.11. The summed E-state index contributed by atoms with van der Waals surface area (Å²) < 4.78 is 10.9. The molecule has 0 unspecified atom stereocenters. The lowest BCUT2D eigenvalue weighted by molar-refractivity contribution is 0.000252. The first kappa shape index (κ1) is 15.4. The van der Waals surface area contributed by atoms with Gasteiger partial charge in [0.25, 0.3) is 0 Å². The van der Waals surface area contributed by atoms with Crippen molar-refractivity contribution < 1.29 is 14.4 Å². The smallest absolute Gasteiger partial charge is 0.229 e. The molecule has 2 heterocycles. The van der Waals surface area contributed by atoms with E-state index in [0.29, 0.717) is 18.6 Å². The molecule has 0 spiro atoms. The Hall–Kier alpha value is -0.980. The predicted molar refractivity (Wildman–Crippen MR) is 74.3 cm³/mol. The Morgan fingerprint density at radius 3 is 2.75 bits per heavy atom. The van der Waals surface area contributed by atoms with Gasteiger partial charge in [-0.3, -0.25) is 4.90 Å². The Balaban J connectivity index is 1.71. The van der Waals surface area contributed by atoms with E-state index in [4.69, 9.17) is 14.4 Å². The molecule has 1 saturated heterocycles. The molecule has 1 aromatic heterocycles. The Kier molecular flexibility index (Phi) is 5.94. The molecule has 1 fully saturated rings. The molecule has 1 aliphatic rings. The number of hydrogen-bond donors (Lipinski definition) is 1. The van der Waals surface area contributed by atoms with Crippen LogP contribution in [0, 0.1) is 0 Å². The predicted octanol–water partition coefficient (Wildman–Crippen LogP) is 1.56. The normalized spacial score (nSPS) is 18.0. The van der Waals surface area contributed by atoms with Gasteiger partial charge in [-0.05, 0) is 19.3 Å². The monoisotopic (exact) mass is 283 g/mol. The topological polar surface area (TPSA) is 71.6 Å². The van der Waals surface area contributed by atoms with Gasteiger partial charge in [0.1, 0.15) is 0 Å². The van der Waals surface area contributed by atoms with E-state index in [9.17, 15) is 0 Å². The zero-order chi connectivity index (χ0) is 14.4. The maximum atomic E-state index is 8.73. The number of likely N-dealkylation sites (tertiary alicyclic amines) is 1. The van der Waals surface area contributed by atoms with E-state index in [1.165, 1.54) is 0 Å². The standard InChI is InChI=1S/C14H25N3O3/c1-11(2)14-15-13(16-20-14)10-17-6-4-12(5-7-17)19-9-3-8-18/h11-12,18H,3-10H2,1-2H3. The van der Waals surface area contributed by atoms with Gasteiger partial charge in [0.05, 0.1) is 12.6 Å². The first-order valence-corrected chi connectivity index (χ1v) is 7.46. The fourth-order valence-electron chi connectivity index (χ4n) is 2.31. The number of aliphatic hydroxyl groups is 1. The average molecular weight is 283 g/mol. The summed E-state index contributed by atoms with van der Waals surface area (Å²) in [5.41, 5.74) is 0. The molecule has 0 atom stereocenters. The molecule has 20 heavy (non-hydrogen) atoms. The molecular weight excluding hydrogens is 258 g/mol. The highest BCUT2D eigenvalue weighted by Gasteiger charge is 2.21. The minimum absolute atomic E-state index is 0.203. The van der Waals surface area contributed by atoms with Gasteiger partial charge in [0.2, 0.25) is 5.89 Å². The summed E-state index contributed by atoms with van der Waals surface area (Å²) >= 11 is 0. The Morgan fingerprint density at radius 2 is 2.15 bits per heavy atom. The highest BCUT2D eigenvalue weighted by atomic mass is 16.5. The minimum Gasteiger partial charge on any atom is -0.396 e. The van der Waals surface area contributed by atoms with Crippen LogP contribution in [0.1, 0.15) is 50.7 Å². The second-order valence-electron chi connectivity index (χ2n) is 5.63. The summed E-state index contributed by atoms with van der Waals surface area (Å²) in [5.74, 6) is 1.76. The summed E-state index contributed by atoms with van der Waals surface area (Å²) in [6.45, 7) is 7.70. The van der Waals surface area contributed by atoms with Gasteiger partial charge < -0.3 is 14.4 Å². The second kappa shape index (κ2) is 7.71. The van der Waals surface area contributed by atoms with E-state index in [0.717, 1.165) is 44.7 Å². The van der Waals surface area contributed by atoms with Crippen LogP contribution in [0.3, 0.4) is 0 Å². The molecule has 0 aliphatic carbocycles. The van der Waals surface area contributed by atoms with Crippen LogP contribution in [0.4, 0.5) is 0 Å². The van der Waals surface area contributed by atoms with E-state index in [1.54, 1.807) is 0 Å². The molecule has 2 rings (SSSR count). The lowest BCUT2D eigenvalue weighted by atomic mass is 10.1. The summed E-state index contributed by atoms with van der Waals surface area (Å²) in [5, 5.41) is 12.8. The molecule has 1 aliphatic heterocycles. The second-order valence-corrected chi connectivity index (χ2v) is 5.63. The number of aromatic nitrogens is 2. The molecule has 0 amide bonds. The number of hydrogen-bond acceptors (Lipinski definition) is 6. The maximum Gasteiger partial charge on any atom is 0.229 e. The van der Waals surface area contributed by atoms with Crippen molar-refractivity contribution in [2.75, 3.05) is 26.3 Å². The highest BCUT2D eigenvalue weighted by Crippen LogP contribution is 2.17. The molecule has 1 aromatic rings. The Labute approximate surface area is 120 Å². The van der Waals surface area contributed by atoms with Gasteiger partial charge in [-0.15, -0.1) is 0 Å². The lowest BCUT2D eigenvalue weighted by Crippen LogP contribution is -2.37. The third kappa shape index (κ3) is 4.54. The number of rotatable bonds is 7. The first-order chi connectivity index (χ1) is 9.69. The van der Waals surface area contributed by atoms with Crippen LogP contribution in [0.2, 0.25) is 0 Å². The van der Waals surface area contributed by atoms with Gasteiger partial charge in [0.15, 0.2) is 5.82 Å². The van der Waals surface area contributed by atoms with Crippen molar-refractivity contribution in [2.45, 2.75) is 51.7 Å². The van der Waals surface area contributed by atoms with E-state index in [1.807, 2.05) is 13.8 Å². The van der Waals surface area contributed by atoms with E-state index >= 15 is 0 Å². The van der Waals surface area contributed by atoms with Crippen LogP contribution in [-0.2, 0) is 11.3 Å². The lowest BCUT2D eigenvalue weighted by Gasteiger charge is -2.30. The molecule has 0 bridgehead atoms. The zero-order valence-electron chi connectivity index (χ0n) is 12.4. The average Bonchev–Trinajstić information content (AvgIpc) is 2.90. The van der Waals surface area contributed by atoms with Crippen LogP contribution in [0.5, 0.6) is 0 Å². The summed E-state index contributed by atoms with van der Waals surface area (Å²) in [7, 11) is 0. The first-order valence-electron chi connectivity index (χ1n) is 7.46. The van der Waals surface area contributed by atoms with Crippen LogP contribution in [-0.4, -0.2) is 52.6 Å². The largest absolute Gasteiger partial charge is 0.396 e. The minimum atomic E-state index is 0.203. The zero-order valence-corrected chi connectivity index (χ0v) is 12.4. The maximum absolute atomic E-state index is 8.73. The fourth-order valence-corrected chi connectivity index (χ4v) is 2.31. The van der Waals surface area contributed by atoms with Crippen LogP contribution >= 0.6 is 0 Å². The molecule has 0 aromatic carbocycles. The summed E-state index contributed by atoms with van der Waals surface area (Å²) in [6, 6.07) is 0. The van der Waals surface area contributed by atoms with Crippen molar-refractivity contribution in [3.05, 3.63) is 11.7 Å². The van der Waals surface area contributed by atoms with E-state index in [-0.39, 0.29) is 12.5 Å². The van der Waals surface area contributed by atoms with Crippen molar-refractivity contribution in [1.29, 1.82) is 0 Å². The highest BCUT2D eigenvalue weighted by molar-refractivity contribution is 4.91.